The van der Waals surface area contributed by atoms with E-state index >= 15 is 0 Å². The molecule has 3 rings (SSSR count). The highest BCUT2D eigenvalue weighted by atomic mass is 32.1. The van der Waals surface area contributed by atoms with Crippen LogP contribution >= 0.6 is 11.3 Å². The van der Waals surface area contributed by atoms with Crippen molar-refractivity contribution in [1.29, 1.82) is 0 Å². The lowest BCUT2D eigenvalue weighted by Crippen LogP contribution is -2.35. The van der Waals surface area contributed by atoms with Gasteiger partial charge in [0.2, 0.25) is 11.8 Å². The standard InChI is InChI=1S/C22H22FN3O2S/c1-15-26-20(14-29-15)18-7-5-16(6-8-18)12-21(27)24-9-10-25-22(28)13-17-3-2-4-19(23)11-17/h2-8,11,14H,9-10,12-13H2,1H3,(H,24,27)(H,25,28). The summed E-state index contributed by atoms with van der Waals surface area (Å²) >= 11 is 1.61. The number of hydrogen-bond acceptors (Lipinski definition) is 4. The van der Waals surface area contributed by atoms with Crippen LogP contribution in [0, 0.1) is 12.7 Å². The van der Waals surface area contributed by atoms with E-state index in [0.29, 0.717) is 18.7 Å². The zero-order chi connectivity index (χ0) is 20.6. The van der Waals surface area contributed by atoms with Crippen molar-refractivity contribution in [2.24, 2.45) is 0 Å². The Morgan fingerprint density at radius 1 is 0.966 bits per heavy atom. The molecule has 0 saturated carbocycles. The summed E-state index contributed by atoms with van der Waals surface area (Å²) in [5.41, 5.74) is 3.49. The van der Waals surface area contributed by atoms with Gasteiger partial charge in [-0.25, -0.2) is 9.37 Å². The van der Waals surface area contributed by atoms with Crippen molar-refractivity contribution in [3.05, 3.63) is 75.9 Å². The molecule has 2 amide bonds. The smallest absolute Gasteiger partial charge is 0.224 e. The fourth-order valence-corrected chi connectivity index (χ4v) is 3.46. The van der Waals surface area contributed by atoms with Crippen LogP contribution in [0.15, 0.2) is 53.9 Å². The van der Waals surface area contributed by atoms with E-state index in [9.17, 15) is 14.0 Å². The van der Waals surface area contributed by atoms with Crippen LogP contribution in [0.3, 0.4) is 0 Å². The summed E-state index contributed by atoms with van der Waals surface area (Å²) in [6.45, 7) is 2.63. The van der Waals surface area contributed by atoms with E-state index < -0.39 is 0 Å². The van der Waals surface area contributed by atoms with Gasteiger partial charge < -0.3 is 10.6 Å². The lowest BCUT2D eigenvalue weighted by atomic mass is 10.1. The van der Waals surface area contributed by atoms with E-state index in [1.54, 1.807) is 23.5 Å². The van der Waals surface area contributed by atoms with Crippen molar-refractivity contribution in [2.75, 3.05) is 13.1 Å². The van der Waals surface area contributed by atoms with Crippen LogP contribution in [0.1, 0.15) is 16.1 Å². The number of thiazole rings is 1. The molecule has 7 heteroatoms. The van der Waals surface area contributed by atoms with Crippen molar-refractivity contribution in [3.8, 4) is 11.3 Å². The van der Waals surface area contributed by atoms with Crippen LogP contribution in [-0.4, -0.2) is 29.9 Å². The highest BCUT2D eigenvalue weighted by Gasteiger charge is 2.07. The number of rotatable bonds is 8. The number of carbonyl (C=O) groups is 2. The predicted molar refractivity (Wildman–Crippen MR) is 112 cm³/mol. The minimum Gasteiger partial charge on any atom is -0.354 e. The zero-order valence-electron chi connectivity index (χ0n) is 16.1. The normalized spacial score (nSPS) is 10.6. The largest absolute Gasteiger partial charge is 0.354 e. The number of halogens is 1. The summed E-state index contributed by atoms with van der Waals surface area (Å²) in [5, 5.41) is 8.53. The van der Waals surface area contributed by atoms with Gasteiger partial charge in [-0.2, -0.15) is 0 Å². The second-order valence-electron chi connectivity index (χ2n) is 6.63. The van der Waals surface area contributed by atoms with Gasteiger partial charge in [-0.05, 0) is 30.2 Å². The van der Waals surface area contributed by atoms with Crippen LogP contribution in [0.25, 0.3) is 11.3 Å². The van der Waals surface area contributed by atoms with E-state index in [0.717, 1.165) is 21.8 Å². The summed E-state index contributed by atoms with van der Waals surface area (Å²) < 4.78 is 13.1. The van der Waals surface area contributed by atoms with E-state index in [4.69, 9.17) is 0 Å². The highest BCUT2D eigenvalue weighted by molar-refractivity contribution is 7.09. The van der Waals surface area contributed by atoms with Crippen LogP contribution < -0.4 is 10.6 Å². The van der Waals surface area contributed by atoms with E-state index in [2.05, 4.69) is 15.6 Å². The first-order valence-corrected chi connectivity index (χ1v) is 10.2. The van der Waals surface area contributed by atoms with Gasteiger partial charge in [-0.1, -0.05) is 36.4 Å². The Kier molecular flexibility index (Phi) is 7.08. The Morgan fingerprint density at radius 2 is 1.62 bits per heavy atom. The van der Waals surface area contributed by atoms with Gasteiger partial charge in [-0.3, -0.25) is 9.59 Å². The van der Waals surface area contributed by atoms with Gasteiger partial charge in [0, 0.05) is 24.0 Å². The molecule has 3 aromatic rings. The number of aromatic nitrogens is 1. The molecule has 0 aliphatic carbocycles. The van der Waals surface area contributed by atoms with Gasteiger partial charge in [0.25, 0.3) is 0 Å². The maximum Gasteiger partial charge on any atom is 0.224 e. The molecule has 150 valence electrons. The van der Waals surface area contributed by atoms with Crippen molar-refractivity contribution in [2.45, 2.75) is 19.8 Å². The zero-order valence-corrected chi connectivity index (χ0v) is 16.9. The SMILES string of the molecule is Cc1nc(-c2ccc(CC(=O)NCCNC(=O)Cc3cccc(F)c3)cc2)cs1. The van der Waals surface area contributed by atoms with E-state index in [1.165, 1.54) is 12.1 Å². The molecule has 2 aromatic carbocycles. The molecule has 0 radical (unpaired) electrons. The maximum atomic E-state index is 13.1. The first-order chi connectivity index (χ1) is 14.0. The summed E-state index contributed by atoms with van der Waals surface area (Å²) in [6, 6.07) is 13.7. The molecule has 5 nitrogen and oxygen atoms in total. The second-order valence-corrected chi connectivity index (χ2v) is 7.69. The summed E-state index contributed by atoms with van der Waals surface area (Å²) in [5.74, 6) is -0.684. The Morgan fingerprint density at radius 3 is 2.21 bits per heavy atom. The van der Waals surface area contributed by atoms with Crippen LogP contribution in [0.4, 0.5) is 4.39 Å². The quantitative estimate of drug-likeness (QED) is 0.559. The Bertz CT molecular complexity index is 986. The average Bonchev–Trinajstić information content (AvgIpc) is 3.12. The van der Waals surface area contributed by atoms with Gasteiger partial charge in [-0.15, -0.1) is 11.3 Å². The minimum absolute atomic E-state index is 0.108. The third-order valence-electron chi connectivity index (χ3n) is 4.26. The minimum atomic E-state index is -0.364. The molecule has 29 heavy (non-hydrogen) atoms. The van der Waals surface area contributed by atoms with Crippen molar-refractivity contribution < 1.29 is 14.0 Å². The first-order valence-electron chi connectivity index (χ1n) is 9.29. The van der Waals surface area contributed by atoms with E-state index in [-0.39, 0.29) is 30.5 Å². The van der Waals surface area contributed by atoms with Crippen LogP contribution in [-0.2, 0) is 22.4 Å². The Hall–Kier alpha value is -3.06. The third kappa shape index (κ3) is 6.50. The first kappa shape index (κ1) is 20.7. The molecule has 0 bridgehead atoms. The Balaban J connectivity index is 1.37. The monoisotopic (exact) mass is 411 g/mol. The fourth-order valence-electron chi connectivity index (χ4n) is 2.84. The molecule has 0 aliphatic rings. The molecule has 0 spiro atoms. The molecular formula is C22H22FN3O2S. The van der Waals surface area contributed by atoms with Crippen LogP contribution in [0.5, 0.6) is 0 Å². The van der Waals surface area contributed by atoms with Crippen LogP contribution in [0.2, 0.25) is 0 Å². The number of benzene rings is 2. The lowest BCUT2D eigenvalue weighted by molar-refractivity contribution is -0.122. The molecule has 2 N–H and O–H groups in total. The molecule has 1 aromatic heterocycles. The van der Waals surface area contributed by atoms with Crippen molar-refractivity contribution in [1.82, 2.24) is 15.6 Å². The molecule has 0 saturated heterocycles. The molecule has 0 unspecified atom stereocenters. The molecular weight excluding hydrogens is 389 g/mol. The van der Waals surface area contributed by atoms with Crippen molar-refractivity contribution >= 4 is 23.2 Å². The second kappa shape index (κ2) is 9.93. The summed E-state index contributed by atoms with van der Waals surface area (Å²) in [6.07, 6.45) is 0.379. The number of amides is 2. The molecule has 0 atom stereocenters. The number of aryl methyl sites for hydroxylation is 1. The van der Waals surface area contributed by atoms with Crippen molar-refractivity contribution in [3.63, 3.8) is 0 Å². The number of nitrogens with one attached hydrogen (secondary N) is 2. The number of hydrogen-bond donors (Lipinski definition) is 2. The number of carbonyl (C=O) groups excluding carboxylic acids is 2. The predicted octanol–water partition coefficient (Wildman–Crippen LogP) is 3.28. The van der Waals surface area contributed by atoms with Gasteiger partial charge >= 0.3 is 0 Å². The fraction of sp³-hybridized carbons (Fsp3) is 0.227. The molecule has 0 aliphatic heterocycles. The van der Waals surface area contributed by atoms with Gasteiger partial charge in [0.05, 0.1) is 23.5 Å². The van der Waals surface area contributed by atoms with Gasteiger partial charge in [0.1, 0.15) is 5.82 Å². The lowest BCUT2D eigenvalue weighted by Gasteiger charge is -2.08. The summed E-state index contributed by atoms with van der Waals surface area (Å²) in [7, 11) is 0. The Labute approximate surface area is 173 Å². The van der Waals surface area contributed by atoms with Gasteiger partial charge in [0.15, 0.2) is 0 Å². The topological polar surface area (TPSA) is 71.1 Å². The average molecular weight is 412 g/mol. The number of nitrogens with zero attached hydrogens (tertiary/aromatic N) is 1. The molecule has 0 fully saturated rings. The third-order valence-corrected chi connectivity index (χ3v) is 5.03. The highest BCUT2D eigenvalue weighted by Crippen LogP contribution is 2.21. The molecule has 1 heterocycles. The van der Waals surface area contributed by atoms with E-state index in [1.807, 2.05) is 36.6 Å². The summed E-state index contributed by atoms with van der Waals surface area (Å²) in [4.78, 5) is 28.4. The maximum absolute atomic E-state index is 13.1.